The van der Waals surface area contributed by atoms with Crippen molar-refractivity contribution in [1.29, 1.82) is 0 Å². The number of quaternary nitrogens is 1. The molecule has 1 rings (SSSR count). The van der Waals surface area contributed by atoms with Gasteiger partial charge in [0.05, 0.1) is 33.2 Å². The molecule has 96 valence electrons. The number of aromatic nitrogens is 3. The van der Waals surface area contributed by atoms with E-state index in [1.54, 1.807) is 0 Å². The summed E-state index contributed by atoms with van der Waals surface area (Å²) in [5.41, 5.74) is 0. The lowest BCUT2D eigenvalue weighted by Gasteiger charge is -2.11. The van der Waals surface area contributed by atoms with Gasteiger partial charge in [-0.3, -0.25) is 0 Å². The molecule has 0 radical (unpaired) electrons. The smallest absolute Gasteiger partial charge is 0.191 e. The number of nitrogens with zero attached hydrogens (tertiary/aromatic N) is 3. The maximum atomic E-state index is 10.4. The average Bonchev–Trinajstić information content (AvgIpc) is 2.65. The molecule has 7 heteroatoms. The van der Waals surface area contributed by atoms with E-state index < -0.39 is 5.97 Å². The third kappa shape index (κ3) is 4.35. The van der Waals surface area contributed by atoms with E-state index in [1.165, 1.54) is 4.90 Å². The zero-order valence-electron chi connectivity index (χ0n) is 10.4. The second kappa shape index (κ2) is 6.61. The number of carboxylic acid groups (broad SMARTS) is 1. The summed E-state index contributed by atoms with van der Waals surface area (Å²) in [6, 6.07) is 0. The third-order valence-corrected chi connectivity index (χ3v) is 3.20. The summed E-state index contributed by atoms with van der Waals surface area (Å²) in [6.45, 7) is 3.76. The highest BCUT2D eigenvalue weighted by Crippen LogP contribution is 2.16. The molecule has 0 amide bonds. The van der Waals surface area contributed by atoms with Gasteiger partial charge in [-0.15, -0.1) is 10.2 Å². The fourth-order valence-electron chi connectivity index (χ4n) is 1.37. The van der Waals surface area contributed by atoms with Crippen molar-refractivity contribution in [2.24, 2.45) is 0 Å². The van der Waals surface area contributed by atoms with Crippen LogP contribution in [0.2, 0.25) is 0 Å². The fourth-order valence-corrected chi connectivity index (χ4v) is 2.07. The number of carbonyl (C=O) groups is 1. The van der Waals surface area contributed by atoms with Crippen molar-refractivity contribution in [2.45, 2.75) is 25.0 Å². The number of nitrogens with one attached hydrogen (secondary N) is 1. The quantitative estimate of drug-likeness (QED) is 0.563. The number of hydrogen-bond donors (Lipinski definition) is 1. The first kappa shape index (κ1) is 14.0. The molecular weight excluding hydrogens is 240 g/mol. The van der Waals surface area contributed by atoms with Gasteiger partial charge in [-0.2, -0.15) is 0 Å². The second-order valence-electron chi connectivity index (χ2n) is 4.02. The highest BCUT2D eigenvalue weighted by molar-refractivity contribution is 7.99. The molecule has 0 saturated carbocycles. The summed E-state index contributed by atoms with van der Waals surface area (Å²) in [4.78, 5) is 11.8. The first-order chi connectivity index (χ1) is 8.04. The van der Waals surface area contributed by atoms with Gasteiger partial charge >= 0.3 is 0 Å². The van der Waals surface area contributed by atoms with Crippen LogP contribution in [0.4, 0.5) is 0 Å². The van der Waals surface area contributed by atoms with Crippen LogP contribution in [0, 0.1) is 0 Å². The maximum absolute atomic E-state index is 10.4. The van der Waals surface area contributed by atoms with Crippen LogP contribution < -0.4 is 10.0 Å². The molecule has 0 aliphatic rings. The van der Waals surface area contributed by atoms with Crippen molar-refractivity contribution in [3.8, 4) is 0 Å². The first-order valence-corrected chi connectivity index (χ1v) is 6.57. The molecule has 0 aliphatic heterocycles. The number of likely N-dealkylation sites (N-methyl/N-ethyl adjacent to an activating group) is 1. The van der Waals surface area contributed by atoms with E-state index in [-0.39, 0.29) is 5.75 Å². The summed E-state index contributed by atoms with van der Waals surface area (Å²) in [5.74, 6) is -0.274. The van der Waals surface area contributed by atoms with Crippen molar-refractivity contribution in [1.82, 2.24) is 14.8 Å². The van der Waals surface area contributed by atoms with Crippen LogP contribution >= 0.6 is 11.8 Å². The predicted octanol–water partition coefficient (Wildman–Crippen LogP) is -2.17. The van der Waals surface area contributed by atoms with Gasteiger partial charge in [0.25, 0.3) is 0 Å². The van der Waals surface area contributed by atoms with Crippen LogP contribution in [-0.4, -0.2) is 47.1 Å². The summed E-state index contributed by atoms with van der Waals surface area (Å²) in [6.07, 6.45) is 0.793. The number of thioether (sulfide) groups is 1. The van der Waals surface area contributed by atoms with E-state index >= 15 is 0 Å². The molecule has 0 atom stereocenters. The molecule has 6 nitrogen and oxygen atoms in total. The van der Waals surface area contributed by atoms with Crippen LogP contribution in [0.15, 0.2) is 5.16 Å². The normalized spacial score (nSPS) is 11.1. The van der Waals surface area contributed by atoms with Crippen molar-refractivity contribution >= 4 is 17.7 Å². The van der Waals surface area contributed by atoms with Gasteiger partial charge in [-0.25, -0.2) is 0 Å². The molecular formula is C10H18N4O2S. The molecule has 0 fully saturated rings. The number of aryl methyl sites for hydroxylation is 1. The topological polar surface area (TPSA) is 75.3 Å². The number of aliphatic carboxylic acids is 1. The minimum Gasteiger partial charge on any atom is -0.549 e. The molecule has 1 N–H and O–H groups in total. The van der Waals surface area contributed by atoms with Crippen LogP contribution in [0.5, 0.6) is 0 Å². The largest absolute Gasteiger partial charge is 0.549 e. The van der Waals surface area contributed by atoms with Crippen molar-refractivity contribution in [3.63, 3.8) is 0 Å². The van der Waals surface area contributed by atoms with E-state index in [0.29, 0.717) is 5.16 Å². The van der Waals surface area contributed by atoms with Crippen LogP contribution in [0.25, 0.3) is 0 Å². The van der Waals surface area contributed by atoms with Gasteiger partial charge in [0.2, 0.25) is 0 Å². The van der Waals surface area contributed by atoms with Gasteiger partial charge < -0.3 is 19.4 Å². The molecule has 17 heavy (non-hydrogen) atoms. The molecule has 0 aliphatic carbocycles. The number of carbonyl (C=O) groups excluding carboxylic acids is 1. The van der Waals surface area contributed by atoms with E-state index in [4.69, 9.17) is 0 Å². The predicted molar refractivity (Wildman–Crippen MR) is 62.8 cm³/mol. The van der Waals surface area contributed by atoms with Crippen LogP contribution in [0.3, 0.4) is 0 Å². The SMILES string of the molecule is CCc1nnc(SCC(=O)[O-])n1CC[NH+](C)C. The van der Waals surface area contributed by atoms with Crippen LogP contribution in [0.1, 0.15) is 12.7 Å². The van der Waals surface area contributed by atoms with Gasteiger partial charge in [0.15, 0.2) is 5.16 Å². The Labute approximate surface area is 105 Å². The Hall–Kier alpha value is -1.08. The van der Waals surface area contributed by atoms with Gasteiger partial charge in [-0.1, -0.05) is 18.7 Å². The molecule has 0 spiro atoms. The minimum atomic E-state index is -1.08. The molecule has 0 saturated heterocycles. The average molecular weight is 258 g/mol. The Morgan fingerprint density at radius 2 is 2.18 bits per heavy atom. The molecule has 0 unspecified atom stereocenters. The lowest BCUT2D eigenvalue weighted by atomic mass is 10.4. The highest BCUT2D eigenvalue weighted by atomic mass is 32.2. The number of hydrogen-bond acceptors (Lipinski definition) is 5. The standard InChI is InChI=1S/C10H18N4O2S/c1-4-8-11-12-10(17-7-9(15)16)14(8)6-5-13(2)3/h4-7H2,1-3H3,(H,15,16). The van der Waals surface area contributed by atoms with Crippen molar-refractivity contribution in [2.75, 3.05) is 26.4 Å². The summed E-state index contributed by atoms with van der Waals surface area (Å²) in [7, 11) is 4.15. The fraction of sp³-hybridized carbons (Fsp3) is 0.700. The molecule has 1 aromatic rings. The third-order valence-electron chi connectivity index (χ3n) is 2.26. The number of rotatable bonds is 7. The van der Waals surface area contributed by atoms with E-state index in [0.717, 1.165) is 37.1 Å². The first-order valence-electron chi connectivity index (χ1n) is 5.58. The summed E-state index contributed by atoms with van der Waals surface area (Å²) in [5, 5.41) is 19.2. The second-order valence-corrected chi connectivity index (χ2v) is 4.96. The zero-order valence-corrected chi connectivity index (χ0v) is 11.2. The van der Waals surface area contributed by atoms with E-state index in [9.17, 15) is 9.90 Å². The van der Waals surface area contributed by atoms with Gasteiger partial charge in [0.1, 0.15) is 5.82 Å². The van der Waals surface area contributed by atoms with Crippen LogP contribution in [-0.2, 0) is 17.8 Å². The van der Waals surface area contributed by atoms with E-state index in [1.807, 2.05) is 11.5 Å². The maximum Gasteiger partial charge on any atom is 0.191 e. The zero-order chi connectivity index (χ0) is 12.8. The highest BCUT2D eigenvalue weighted by Gasteiger charge is 2.11. The summed E-state index contributed by atoms with van der Waals surface area (Å²) >= 11 is 1.16. The Bertz CT molecular complexity index is 378. The molecule has 1 heterocycles. The van der Waals surface area contributed by atoms with Crippen molar-refractivity contribution in [3.05, 3.63) is 5.82 Å². The van der Waals surface area contributed by atoms with Gasteiger partial charge in [0, 0.05) is 12.2 Å². The lowest BCUT2D eigenvalue weighted by Crippen LogP contribution is -3.06. The monoisotopic (exact) mass is 258 g/mol. The Morgan fingerprint density at radius 1 is 1.47 bits per heavy atom. The van der Waals surface area contributed by atoms with E-state index in [2.05, 4.69) is 24.3 Å². The Kier molecular flexibility index (Phi) is 5.43. The number of carboxylic acids is 1. The van der Waals surface area contributed by atoms with Gasteiger partial charge in [-0.05, 0) is 0 Å². The molecule has 1 aromatic heterocycles. The lowest BCUT2D eigenvalue weighted by molar-refractivity contribution is -0.859. The summed E-state index contributed by atoms with van der Waals surface area (Å²) < 4.78 is 1.99. The minimum absolute atomic E-state index is 0.0866. The van der Waals surface area contributed by atoms with Crippen molar-refractivity contribution < 1.29 is 14.8 Å². The molecule has 0 bridgehead atoms. The Morgan fingerprint density at radius 3 is 2.71 bits per heavy atom. The Balaban J connectivity index is 2.74. The molecule has 0 aromatic carbocycles.